The van der Waals surface area contributed by atoms with Crippen molar-refractivity contribution in [1.29, 1.82) is 0 Å². The minimum Gasteiger partial charge on any atom is -0.383 e. The van der Waals surface area contributed by atoms with Gasteiger partial charge in [-0.2, -0.15) is 0 Å². The van der Waals surface area contributed by atoms with E-state index in [0.717, 1.165) is 22.8 Å². The molecule has 4 heteroatoms. The number of aromatic nitrogens is 3. The van der Waals surface area contributed by atoms with Gasteiger partial charge in [0.1, 0.15) is 17.3 Å². The molecule has 0 spiro atoms. The largest absolute Gasteiger partial charge is 0.383 e. The van der Waals surface area contributed by atoms with Crippen LogP contribution in [0.2, 0.25) is 0 Å². The summed E-state index contributed by atoms with van der Waals surface area (Å²) in [6, 6.07) is 0.588. The van der Waals surface area contributed by atoms with E-state index in [1.54, 1.807) is 0 Å². The number of aryl methyl sites for hydroxylation is 2. The average molecular weight is 244 g/mol. The monoisotopic (exact) mass is 244 g/mol. The van der Waals surface area contributed by atoms with Crippen LogP contribution < -0.4 is 5.73 Å². The Morgan fingerprint density at radius 2 is 1.83 bits per heavy atom. The molecule has 1 aliphatic rings. The van der Waals surface area contributed by atoms with Crippen molar-refractivity contribution in [2.45, 2.75) is 46.6 Å². The third kappa shape index (κ3) is 1.44. The van der Waals surface area contributed by atoms with Gasteiger partial charge in [-0.05, 0) is 45.1 Å². The topological polar surface area (TPSA) is 56.7 Å². The summed E-state index contributed by atoms with van der Waals surface area (Å²) in [5.41, 5.74) is 9.59. The molecule has 3 rings (SSSR count). The quantitative estimate of drug-likeness (QED) is 0.839. The number of fused-ring (bicyclic) bond motifs is 1. The number of nitrogens with zero attached hydrogens (tertiary/aromatic N) is 3. The summed E-state index contributed by atoms with van der Waals surface area (Å²) in [6.07, 6.45) is 2.49. The Morgan fingerprint density at radius 3 is 2.44 bits per heavy atom. The summed E-state index contributed by atoms with van der Waals surface area (Å²) in [6.45, 7) is 8.49. The molecule has 0 aromatic carbocycles. The van der Waals surface area contributed by atoms with Crippen LogP contribution in [0.3, 0.4) is 0 Å². The zero-order valence-corrected chi connectivity index (χ0v) is 11.5. The molecule has 0 unspecified atom stereocenters. The van der Waals surface area contributed by atoms with Crippen LogP contribution in [0, 0.1) is 26.7 Å². The Balaban J connectivity index is 2.27. The SMILES string of the molecule is Cc1nc(N)c2c(C)c(C)n(C3CC(C)C3)c2n1. The van der Waals surface area contributed by atoms with E-state index in [1.165, 1.54) is 24.1 Å². The van der Waals surface area contributed by atoms with E-state index < -0.39 is 0 Å². The summed E-state index contributed by atoms with van der Waals surface area (Å²) < 4.78 is 2.37. The van der Waals surface area contributed by atoms with Crippen LogP contribution in [0.15, 0.2) is 0 Å². The van der Waals surface area contributed by atoms with Gasteiger partial charge in [-0.1, -0.05) is 6.92 Å². The van der Waals surface area contributed by atoms with E-state index in [2.05, 4.69) is 35.3 Å². The molecule has 96 valence electrons. The Labute approximate surface area is 107 Å². The second-order valence-corrected chi connectivity index (χ2v) is 5.67. The molecular weight excluding hydrogens is 224 g/mol. The summed E-state index contributed by atoms with van der Waals surface area (Å²) in [7, 11) is 0. The lowest BCUT2D eigenvalue weighted by Gasteiger charge is -2.35. The predicted octanol–water partition coefficient (Wildman–Crippen LogP) is 2.91. The standard InChI is InChI=1S/C14H20N4/c1-7-5-11(6-7)18-9(3)8(2)12-13(15)16-10(4)17-14(12)18/h7,11H,5-6H2,1-4H3,(H2,15,16,17). The van der Waals surface area contributed by atoms with E-state index >= 15 is 0 Å². The van der Waals surface area contributed by atoms with Gasteiger partial charge in [0.05, 0.1) is 5.39 Å². The van der Waals surface area contributed by atoms with Gasteiger partial charge < -0.3 is 10.3 Å². The maximum Gasteiger partial charge on any atom is 0.146 e. The van der Waals surface area contributed by atoms with E-state index in [1.807, 2.05) is 6.92 Å². The first-order valence-electron chi connectivity index (χ1n) is 6.60. The minimum atomic E-state index is 0.588. The van der Waals surface area contributed by atoms with Gasteiger partial charge in [0.2, 0.25) is 0 Å². The highest BCUT2D eigenvalue weighted by atomic mass is 15.1. The van der Waals surface area contributed by atoms with Gasteiger partial charge in [0, 0.05) is 11.7 Å². The maximum absolute atomic E-state index is 6.06. The number of hydrogen-bond acceptors (Lipinski definition) is 3. The first-order chi connectivity index (χ1) is 8.49. The van der Waals surface area contributed by atoms with Gasteiger partial charge in [-0.3, -0.25) is 0 Å². The Bertz CT molecular complexity index is 620. The molecule has 2 aromatic heterocycles. The van der Waals surface area contributed by atoms with Gasteiger partial charge >= 0.3 is 0 Å². The normalized spacial score (nSPS) is 23.3. The van der Waals surface area contributed by atoms with Crippen LogP contribution in [-0.2, 0) is 0 Å². The molecule has 1 aliphatic carbocycles. The fourth-order valence-electron chi connectivity index (χ4n) is 3.15. The highest BCUT2D eigenvalue weighted by Gasteiger charge is 2.30. The number of nitrogen functional groups attached to an aromatic ring is 1. The summed E-state index contributed by atoms with van der Waals surface area (Å²) in [4.78, 5) is 8.91. The number of hydrogen-bond donors (Lipinski definition) is 1. The van der Waals surface area contributed by atoms with Crippen molar-refractivity contribution in [1.82, 2.24) is 14.5 Å². The van der Waals surface area contributed by atoms with Crippen LogP contribution in [0.25, 0.3) is 11.0 Å². The molecule has 2 N–H and O–H groups in total. The average Bonchev–Trinajstić information content (AvgIpc) is 2.48. The molecule has 2 aromatic rings. The molecule has 0 bridgehead atoms. The maximum atomic E-state index is 6.06. The lowest BCUT2D eigenvalue weighted by molar-refractivity contribution is 0.218. The summed E-state index contributed by atoms with van der Waals surface area (Å²) in [5.74, 6) is 2.20. The molecule has 0 saturated heterocycles. The van der Waals surface area contributed by atoms with Gasteiger partial charge in [-0.15, -0.1) is 0 Å². The Hall–Kier alpha value is -1.58. The Morgan fingerprint density at radius 1 is 1.17 bits per heavy atom. The summed E-state index contributed by atoms with van der Waals surface area (Å²) in [5, 5.41) is 1.04. The van der Waals surface area contributed by atoms with Crippen molar-refractivity contribution in [3.8, 4) is 0 Å². The fourth-order valence-corrected chi connectivity index (χ4v) is 3.15. The first kappa shape index (κ1) is 11.5. The van der Waals surface area contributed by atoms with Gasteiger partial charge in [0.15, 0.2) is 0 Å². The molecule has 0 amide bonds. The number of rotatable bonds is 1. The van der Waals surface area contributed by atoms with Crippen LogP contribution in [-0.4, -0.2) is 14.5 Å². The van der Waals surface area contributed by atoms with Crippen molar-refractivity contribution < 1.29 is 0 Å². The molecular formula is C14H20N4. The lowest BCUT2D eigenvalue weighted by Crippen LogP contribution is -2.25. The van der Waals surface area contributed by atoms with Crippen molar-refractivity contribution in [3.63, 3.8) is 0 Å². The lowest BCUT2D eigenvalue weighted by atomic mass is 9.81. The molecule has 0 aliphatic heterocycles. The number of anilines is 1. The van der Waals surface area contributed by atoms with Crippen LogP contribution in [0.4, 0.5) is 5.82 Å². The molecule has 1 fully saturated rings. The zero-order chi connectivity index (χ0) is 13.0. The molecule has 18 heavy (non-hydrogen) atoms. The predicted molar refractivity (Wildman–Crippen MR) is 73.6 cm³/mol. The van der Waals surface area contributed by atoms with Crippen LogP contribution >= 0.6 is 0 Å². The van der Waals surface area contributed by atoms with Crippen molar-refractivity contribution in [3.05, 3.63) is 17.1 Å². The van der Waals surface area contributed by atoms with Crippen molar-refractivity contribution in [2.75, 3.05) is 5.73 Å². The third-order valence-electron chi connectivity index (χ3n) is 4.25. The molecule has 0 radical (unpaired) electrons. The van der Waals surface area contributed by atoms with E-state index in [9.17, 15) is 0 Å². The molecule has 4 nitrogen and oxygen atoms in total. The zero-order valence-electron chi connectivity index (χ0n) is 11.5. The minimum absolute atomic E-state index is 0.588. The van der Waals surface area contributed by atoms with Crippen LogP contribution in [0.1, 0.15) is 42.9 Å². The van der Waals surface area contributed by atoms with Gasteiger partial charge in [0.25, 0.3) is 0 Å². The summed E-state index contributed by atoms with van der Waals surface area (Å²) >= 11 is 0. The van der Waals surface area contributed by atoms with E-state index in [4.69, 9.17) is 5.73 Å². The fraction of sp³-hybridized carbons (Fsp3) is 0.571. The van der Waals surface area contributed by atoms with Crippen LogP contribution in [0.5, 0.6) is 0 Å². The second-order valence-electron chi connectivity index (χ2n) is 5.67. The highest BCUT2D eigenvalue weighted by molar-refractivity contribution is 5.91. The van der Waals surface area contributed by atoms with Crippen molar-refractivity contribution in [2.24, 2.45) is 5.92 Å². The van der Waals surface area contributed by atoms with E-state index in [0.29, 0.717) is 11.9 Å². The second kappa shape index (κ2) is 3.70. The first-order valence-corrected chi connectivity index (χ1v) is 6.60. The highest BCUT2D eigenvalue weighted by Crippen LogP contribution is 2.41. The molecule has 0 atom stereocenters. The Kier molecular flexibility index (Phi) is 2.37. The van der Waals surface area contributed by atoms with Crippen molar-refractivity contribution >= 4 is 16.9 Å². The third-order valence-corrected chi connectivity index (χ3v) is 4.25. The smallest absolute Gasteiger partial charge is 0.146 e. The number of nitrogens with two attached hydrogens (primary N) is 1. The van der Waals surface area contributed by atoms with Gasteiger partial charge in [-0.25, -0.2) is 9.97 Å². The molecule has 1 saturated carbocycles. The van der Waals surface area contributed by atoms with E-state index in [-0.39, 0.29) is 0 Å². The molecule has 2 heterocycles.